The van der Waals surface area contributed by atoms with Gasteiger partial charge in [-0.3, -0.25) is 4.99 Å². The smallest absolute Gasteiger partial charge is 0.190 e. The zero-order valence-corrected chi connectivity index (χ0v) is 14.8. The Bertz CT molecular complexity index is 422. The van der Waals surface area contributed by atoms with Gasteiger partial charge in [0.2, 0.25) is 0 Å². The molecule has 0 saturated carbocycles. The van der Waals surface area contributed by atoms with Gasteiger partial charge in [0.1, 0.15) is 0 Å². The molecule has 0 aromatic carbocycles. The van der Waals surface area contributed by atoms with E-state index in [0.29, 0.717) is 0 Å². The SMILES string of the molecule is CCN1CCC(CCNC(=NC)NCCc2cccs2)CC1. The van der Waals surface area contributed by atoms with Crippen molar-refractivity contribution in [1.29, 1.82) is 0 Å². The van der Waals surface area contributed by atoms with Crippen molar-refractivity contribution in [3.63, 3.8) is 0 Å². The molecule has 0 atom stereocenters. The third-order valence-electron chi connectivity index (χ3n) is 4.47. The van der Waals surface area contributed by atoms with E-state index in [1.807, 2.05) is 18.4 Å². The number of rotatable bonds is 7. The van der Waals surface area contributed by atoms with Crippen LogP contribution in [0.25, 0.3) is 0 Å². The van der Waals surface area contributed by atoms with Crippen molar-refractivity contribution in [3.05, 3.63) is 22.4 Å². The number of piperidine rings is 1. The summed E-state index contributed by atoms with van der Waals surface area (Å²) in [5.74, 6) is 1.81. The van der Waals surface area contributed by atoms with Crippen LogP contribution in [0.4, 0.5) is 0 Å². The quantitative estimate of drug-likeness (QED) is 0.599. The molecule has 1 saturated heterocycles. The number of aliphatic imine (C=N–C) groups is 1. The van der Waals surface area contributed by atoms with Gasteiger partial charge in [-0.1, -0.05) is 13.0 Å². The second kappa shape index (κ2) is 9.85. The van der Waals surface area contributed by atoms with Crippen LogP contribution in [0.5, 0.6) is 0 Å². The summed E-state index contributed by atoms with van der Waals surface area (Å²) in [7, 11) is 1.85. The van der Waals surface area contributed by atoms with Crippen LogP contribution in [0.3, 0.4) is 0 Å². The summed E-state index contributed by atoms with van der Waals surface area (Å²) in [6, 6.07) is 4.29. The number of thiophene rings is 1. The Morgan fingerprint density at radius 3 is 2.73 bits per heavy atom. The van der Waals surface area contributed by atoms with E-state index in [2.05, 4.69) is 45.0 Å². The largest absolute Gasteiger partial charge is 0.356 e. The highest BCUT2D eigenvalue weighted by Crippen LogP contribution is 2.19. The number of nitrogens with zero attached hydrogens (tertiary/aromatic N) is 2. The van der Waals surface area contributed by atoms with Crippen molar-refractivity contribution in [2.45, 2.75) is 32.6 Å². The van der Waals surface area contributed by atoms with E-state index in [4.69, 9.17) is 0 Å². The Labute approximate surface area is 139 Å². The zero-order valence-electron chi connectivity index (χ0n) is 14.0. The van der Waals surface area contributed by atoms with Crippen LogP contribution < -0.4 is 10.6 Å². The first-order chi connectivity index (χ1) is 10.8. The number of hydrogen-bond donors (Lipinski definition) is 2. The Morgan fingerprint density at radius 1 is 1.32 bits per heavy atom. The van der Waals surface area contributed by atoms with Gasteiger partial charge in [-0.05, 0) is 62.7 Å². The lowest BCUT2D eigenvalue weighted by atomic mass is 9.93. The predicted octanol–water partition coefficient (Wildman–Crippen LogP) is 2.58. The maximum Gasteiger partial charge on any atom is 0.190 e. The molecular weight excluding hydrogens is 292 g/mol. The van der Waals surface area contributed by atoms with Crippen LogP contribution in [0, 0.1) is 5.92 Å². The van der Waals surface area contributed by atoms with Crippen LogP contribution in [0.1, 0.15) is 31.1 Å². The number of nitrogens with one attached hydrogen (secondary N) is 2. The second-order valence-corrected chi connectivity index (χ2v) is 6.95. The molecule has 0 radical (unpaired) electrons. The molecule has 1 aliphatic heterocycles. The van der Waals surface area contributed by atoms with E-state index in [1.54, 1.807) is 0 Å². The van der Waals surface area contributed by atoms with E-state index in [-0.39, 0.29) is 0 Å². The molecule has 1 fully saturated rings. The zero-order chi connectivity index (χ0) is 15.6. The fourth-order valence-corrected chi connectivity index (χ4v) is 3.67. The molecule has 0 spiro atoms. The summed E-state index contributed by atoms with van der Waals surface area (Å²) in [6.07, 6.45) is 5.01. The normalized spacial score (nSPS) is 17.6. The maximum atomic E-state index is 4.30. The van der Waals surface area contributed by atoms with Gasteiger partial charge in [0.05, 0.1) is 0 Å². The van der Waals surface area contributed by atoms with E-state index in [0.717, 1.165) is 31.4 Å². The molecule has 1 aromatic heterocycles. The number of likely N-dealkylation sites (tertiary alicyclic amines) is 1. The van der Waals surface area contributed by atoms with Crippen molar-refractivity contribution in [2.24, 2.45) is 10.9 Å². The summed E-state index contributed by atoms with van der Waals surface area (Å²) in [5.41, 5.74) is 0. The van der Waals surface area contributed by atoms with Gasteiger partial charge in [0.15, 0.2) is 5.96 Å². The van der Waals surface area contributed by atoms with Gasteiger partial charge in [-0.25, -0.2) is 0 Å². The summed E-state index contributed by atoms with van der Waals surface area (Å²) < 4.78 is 0. The monoisotopic (exact) mass is 322 g/mol. The molecule has 4 nitrogen and oxygen atoms in total. The molecule has 0 bridgehead atoms. The van der Waals surface area contributed by atoms with Gasteiger partial charge in [0.25, 0.3) is 0 Å². The lowest BCUT2D eigenvalue weighted by molar-refractivity contribution is 0.187. The first kappa shape index (κ1) is 17.3. The highest BCUT2D eigenvalue weighted by Gasteiger charge is 2.17. The fraction of sp³-hybridized carbons (Fsp3) is 0.706. The van der Waals surface area contributed by atoms with Crippen molar-refractivity contribution in [3.8, 4) is 0 Å². The Kier molecular flexibility index (Phi) is 7.74. The molecule has 0 unspecified atom stereocenters. The van der Waals surface area contributed by atoms with E-state index in [9.17, 15) is 0 Å². The van der Waals surface area contributed by atoms with E-state index >= 15 is 0 Å². The summed E-state index contributed by atoms with van der Waals surface area (Å²) >= 11 is 1.82. The van der Waals surface area contributed by atoms with Crippen molar-refractivity contribution < 1.29 is 0 Å². The van der Waals surface area contributed by atoms with Gasteiger partial charge in [0, 0.05) is 25.0 Å². The average Bonchev–Trinajstić information content (AvgIpc) is 3.07. The minimum Gasteiger partial charge on any atom is -0.356 e. The van der Waals surface area contributed by atoms with Gasteiger partial charge < -0.3 is 15.5 Å². The highest BCUT2D eigenvalue weighted by molar-refractivity contribution is 7.09. The molecule has 2 N–H and O–H groups in total. The predicted molar refractivity (Wildman–Crippen MR) is 96.8 cm³/mol. The van der Waals surface area contributed by atoms with Crippen molar-refractivity contribution >= 4 is 17.3 Å². The minimum absolute atomic E-state index is 0.875. The molecule has 2 rings (SSSR count). The maximum absolute atomic E-state index is 4.30. The average molecular weight is 323 g/mol. The number of guanidine groups is 1. The fourth-order valence-electron chi connectivity index (χ4n) is 2.97. The molecule has 22 heavy (non-hydrogen) atoms. The lowest BCUT2D eigenvalue weighted by Crippen LogP contribution is -2.40. The molecule has 124 valence electrons. The van der Waals surface area contributed by atoms with E-state index in [1.165, 1.54) is 43.8 Å². The van der Waals surface area contributed by atoms with Crippen LogP contribution in [-0.4, -0.2) is 50.6 Å². The summed E-state index contributed by atoms with van der Waals surface area (Å²) in [6.45, 7) is 7.97. The molecule has 1 aliphatic rings. The molecule has 1 aromatic rings. The molecular formula is C17H30N4S. The van der Waals surface area contributed by atoms with E-state index < -0.39 is 0 Å². The van der Waals surface area contributed by atoms with Gasteiger partial charge >= 0.3 is 0 Å². The topological polar surface area (TPSA) is 39.7 Å². The van der Waals surface area contributed by atoms with Crippen molar-refractivity contribution in [1.82, 2.24) is 15.5 Å². The summed E-state index contributed by atoms with van der Waals surface area (Å²) in [5, 5.41) is 8.98. The van der Waals surface area contributed by atoms with Crippen LogP contribution in [0.15, 0.2) is 22.5 Å². The molecule has 2 heterocycles. The standard InChI is InChI=1S/C17H30N4S/c1-3-21-12-8-15(9-13-21)6-10-19-17(18-2)20-11-7-16-5-4-14-22-16/h4-5,14-15H,3,6-13H2,1-2H3,(H2,18,19,20). The van der Waals surface area contributed by atoms with Gasteiger partial charge in [-0.2, -0.15) is 0 Å². The van der Waals surface area contributed by atoms with Crippen LogP contribution in [0.2, 0.25) is 0 Å². The third kappa shape index (κ3) is 5.97. The van der Waals surface area contributed by atoms with Crippen LogP contribution >= 0.6 is 11.3 Å². The third-order valence-corrected chi connectivity index (χ3v) is 5.40. The van der Waals surface area contributed by atoms with Crippen molar-refractivity contribution in [2.75, 3.05) is 39.8 Å². The highest BCUT2D eigenvalue weighted by atomic mass is 32.1. The Morgan fingerprint density at radius 2 is 2.09 bits per heavy atom. The Balaban J connectivity index is 1.56. The number of hydrogen-bond acceptors (Lipinski definition) is 3. The first-order valence-electron chi connectivity index (χ1n) is 8.51. The second-order valence-electron chi connectivity index (χ2n) is 5.92. The summed E-state index contributed by atoms with van der Waals surface area (Å²) in [4.78, 5) is 8.28. The lowest BCUT2D eigenvalue weighted by Gasteiger charge is -2.31. The minimum atomic E-state index is 0.875. The molecule has 0 aliphatic carbocycles. The van der Waals surface area contributed by atoms with Gasteiger partial charge in [-0.15, -0.1) is 11.3 Å². The van der Waals surface area contributed by atoms with Crippen LogP contribution in [-0.2, 0) is 6.42 Å². The molecule has 0 amide bonds. The molecule has 5 heteroatoms. The Hall–Kier alpha value is -1.07. The first-order valence-corrected chi connectivity index (χ1v) is 9.39.